The quantitative estimate of drug-likeness (QED) is 0.757. The number of rotatable bonds is 7. The van der Waals surface area contributed by atoms with Crippen molar-refractivity contribution in [3.8, 4) is 0 Å². The summed E-state index contributed by atoms with van der Waals surface area (Å²) in [6, 6.07) is 0. The normalized spacial score (nSPS) is 15.1. The van der Waals surface area contributed by atoms with Gasteiger partial charge in [-0.3, -0.25) is 0 Å². The van der Waals surface area contributed by atoms with Gasteiger partial charge in [-0.25, -0.2) is 8.42 Å². The van der Waals surface area contributed by atoms with Crippen LogP contribution in [0, 0.1) is 5.92 Å². The van der Waals surface area contributed by atoms with Crippen molar-refractivity contribution in [2.24, 2.45) is 5.92 Å². The van der Waals surface area contributed by atoms with Crippen molar-refractivity contribution in [1.82, 2.24) is 5.32 Å². The molecule has 0 aromatic rings. The first-order valence-electron chi connectivity index (χ1n) is 5.05. The fourth-order valence-corrected chi connectivity index (χ4v) is 1.95. The van der Waals surface area contributed by atoms with Gasteiger partial charge in [0, 0.05) is 12.0 Å². The van der Waals surface area contributed by atoms with Crippen LogP contribution < -0.4 is 5.32 Å². The van der Waals surface area contributed by atoms with E-state index in [2.05, 4.69) is 5.32 Å². The van der Waals surface area contributed by atoms with E-state index in [1.54, 1.807) is 6.92 Å². The fourth-order valence-electron chi connectivity index (χ4n) is 1.26. The van der Waals surface area contributed by atoms with Crippen LogP contribution in [0.25, 0.3) is 0 Å². The maximum atomic E-state index is 11.8. The van der Waals surface area contributed by atoms with Gasteiger partial charge < -0.3 is 5.32 Å². The van der Waals surface area contributed by atoms with Gasteiger partial charge in [0.05, 0.1) is 6.54 Å². The molecule has 0 rings (SSSR count). The first-order chi connectivity index (χ1) is 7.10. The predicted octanol–water partition coefficient (Wildman–Crippen LogP) is 1.60. The highest BCUT2D eigenvalue weighted by Gasteiger charge is 2.26. The van der Waals surface area contributed by atoms with Crippen molar-refractivity contribution >= 4 is 9.84 Å². The highest BCUT2D eigenvalue weighted by Crippen LogP contribution is 2.13. The molecule has 0 fully saturated rings. The van der Waals surface area contributed by atoms with E-state index in [0.29, 0.717) is 12.8 Å². The lowest BCUT2D eigenvalue weighted by atomic mass is 10.1. The summed E-state index contributed by atoms with van der Waals surface area (Å²) < 4.78 is 56.9. The Hall–Kier alpha value is -0.300. The highest BCUT2D eigenvalue weighted by atomic mass is 32.2. The summed E-state index contributed by atoms with van der Waals surface area (Å²) in [6.07, 6.45) is -1.93. The number of sulfone groups is 1. The predicted molar refractivity (Wildman–Crippen MR) is 57.0 cm³/mol. The maximum Gasteiger partial charge on any atom is 0.401 e. The number of alkyl halides is 3. The van der Waals surface area contributed by atoms with Crippen LogP contribution in [0.1, 0.15) is 19.8 Å². The molecule has 1 N–H and O–H groups in total. The number of hydrogen-bond acceptors (Lipinski definition) is 3. The van der Waals surface area contributed by atoms with Crippen molar-refractivity contribution in [2.45, 2.75) is 25.9 Å². The molecule has 0 heterocycles. The Kier molecular flexibility index (Phi) is 6.32. The van der Waals surface area contributed by atoms with Crippen LogP contribution >= 0.6 is 0 Å². The zero-order chi connectivity index (χ0) is 12.8. The Morgan fingerprint density at radius 2 is 1.88 bits per heavy atom. The van der Waals surface area contributed by atoms with Crippen LogP contribution in [0.5, 0.6) is 0 Å². The van der Waals surface area contributed by atoms with Crippen molar-refractivity contribution < 1.29 is 21.6 Å². The SMILES string of the molecule is CC(CCCS(C)(=O)=O)CNCC(F)(F)F. The van der Waals surface area contributed by atoms with Crippen LogP contribution in [-0.4, -0.2) is 39.7 Å². The van der Waals surface area contributed by atoms with Crippen LogP contribution in [0.15, 0.2) is 0 Å². The third kappa shape index (κ3) is 11.8. The third-order valence-corrected chi connectivity index (χ3v) is 3.06. The van der Waals surface area contributed by atoms with E-state index < -0.39 is 22.6 Å². The fraction of sp³-hybridized carbons (Fsp3) is 1.00. The molecule has 0 spiro atoms. The molecule has 3 nitrogen and oxygen atoms in total. The zero-order valence-electron chi connectivity index (χ0n) is 9.47. The summed E-state index contributed by atoms with van der Waals surface area (Å²) in [6.45, 7) is 1.05. The topological polar surface area (TPSA) is 46.2 Å². The lowest BCUT2D eigenvalue weighted by molar-refractivity contribution is -0.125. The second-order valence-electron chi connectivity index (χ2n) is 4.12. The van der Waals surface area contributed by atoms with Gasteiger partial charge in [-0.2, -0.15) is 13.2 Å². The molecule has 1 unspecified atom stereocenters. The molecular formula is C9H18F3NO2S. The largest absolute Gasteiger partial charge is 0.401 e. The number of nitrogens with one attached hydrogen (secondary N) is 1. The number of hydrogen-bond donors (Lipinski definition) is 1. The minimum absolute atomic E-state index is 0.0455. The Bertz CT molecular complexity index is 288. The average Bonchev–Trinajstić information content (AvgIpc) is 1.98. The van der Waals surface area contributed by atoms with E-state index in [9.17, 15) is 21.6 Å². The van der Waals surface area contributed by atoms with Gasteiger partial charge in [0.1, 0.15) is 9.84 Å². The molecule has 7 heteroatoms. The standard InChI is InChI=1S/C9H18F3NO2S/c1-8(4-3-5-16(2,14)15)6-13-7-9(10,11)12/h8,13H,3-7H2,1-2H3. The Labute approximate surface area is 94.3 Å². The van der Waals surface area contributed by atoms with Gasteiger partial charge in [0.15, 0.2) is 0 Å². The molecule has 0 aliphatic carbocycles. The Morgan fingerprint density at radius 3 is 2.31 bits per heavy atom. The minimum atomic E-state index is -4.19. The summed E-state index contributed by atoms with van der Waals surface area (Å²) in [7, 11) is -2.96. The van der Waals surface area contributed by atoms with Gasteiger partial charge in [0.25, 0.3) is 0 Å². The first-order valence-corrected chi connectivity index (χ1v) is 7.11. The Morgan fingerprint density at radius 1 is 1.31 bits per heavy atom. The molecule has 1 atom stereocenters. The summed E-state index contributed by atoms with van der Waals surface area (Å²) in [5.41, 5.74) is 0. The maximum absolute atomic E-state index is 11.8. The van der Waals surface area contributed by atoms with Crippen molar-refractivity contribution in [3.05, 3.63) is 0 Å². The first kappa shape index (κ1) is 15.7. The van der Waals surface area contributed by atoms with E-state index >= 15 is 0 Å². The van der Waals surface area contributed by atoms with Gasteiger partial charge >= 0.3 is 6.18 Å². The van der Waals surface area contributed by atoms with E-state index in [1.165, 1.54) is 0 Å². The molecule has 0 aromatic heterocycles. The molecule has 0 aliphatic rings. The summed E-state index contributed by atoms with van der Waals surface area (Å²) in [5.74, 6) is 0.139. The van der Waals surface area contributed by atoms with Crippen LogP contribution in [0.2, 0.25) is 0 Å². The molecule has 0 saturated carbocycles. The van der Waals surface area contributed by atoms with Crippen molar-refractivity contribution in [1.29, 1.82) is 0 Å². The van der Waals surface area contributed by atoms with Gasteiger partial charge in [-0.05, 0) is 25.3 Å². The van der Waals surface area contributed by atoms with E-state index in [-0.39, 0.29) is 18.2 Å². The van der Waals surface area contributed by atoms with Gasteiger partial charge in [-0.15, -0.1) is 0 Å². The van der Waals surface area contributed by atoms with E-state index in [4.69, 9.17) is 0 Å². The second kappa shape index (κ2) is 6.44. The van der Waals surface area contributed by atoms with E-state index in [0.717, 1.165) is 6.26 Å². The molecule has 0 amide bonds. The molecule has 0 aliphatic heterocycles. The average molecular weight is 261 g/mol. The smallest absolute Gasteiger partial charge is 0.308 e. The second-order valence-corrected chi connectivity index (χ2v) is 6.38. The summed E-state index contributed by atoms with van der Waals surface area (Å²) >= 11 is 0. The third-order valence-electron chi connectivity index (χ3n) is 2.03. The molecule has 98 valence electrons. The molecular weight excluding hydrogens is 243 g/mol. The minimum Gasteiger partial charge on any atom is -0.308 e. The van der Waals surface area contributed by atoms with Crippen molar-refractivity contribution in [3.63, 3.8) is 0 Å². The number of halogens is 3. The van der Waals surface area contributed by atoms with Gasteiger partial charge in [-0.1, -0.05) is 6.92 Å². The molecule has 0 radical (unpaired) electrons. The molecule has 0 saturated heterocycles. The van der Waals surface area contributed by atoms with Crippen molar-refractivity contribution in [2.75, 3.05) is 25.1 Å². The summed E-state index contributed by atoms with van der Waals surface area (Å²) in [4.78, 5) is 0. The summed E-state index contributed by atoms with van der Waals surface area (Å²) in [5, 5.41) is 2.30. The molecule has 0 aromatic carbocycles. The van der Waals surface area contributed by atoms with Crippen LogP contribution in [0.4, 0.5) is 13.2 Å². The monoisotopic (exact) mass is 261 g/mol. The molecule has 16 heavy (non-hydrogen) atoms. The van der Waals surface area contributed by atoms with Gasteiger partial charge in [0.2, 0.25) is 0 Å². The van der Waals surface area contributed by atoms with E-state index in [1.807, 2.05) is 0 Å². The van der Waals surface area contributed by atoms with Crippen LogP contribution in [0.3, 0.4) is 0 Å². The lowest BCUT2D eigenvalue weighted by Gasteiger charge is -2.13. The highest BCUT2D eigenvalue weighted by molar-refractivity contribution is 7.90. The lowest BCUT2D eigenvalue weighted by Crippen LogP contribution is -2.32. The zero-order valence-corrected chi connectivity index (χ0v) is 10.3. The Balaban J connectivity index is 3.57. The molecule has 0 bridgehead atoms. The van der Waals surface area contributed by atoms with Crippen LogP contribution in [-0.2, 0) is 9.84 Å².